The average molecular weight is 560 g/mol. The second-order valence-corrected chi connectivity index (χ2v) is 10.3. The Kier molecular flexibility index (Phi) is 9.65. The van der Waals surface area contributed by atoms with Gasteiger partial charge in [-0.1, -0.05) is 32.0 Å². The lowest BCUT2D eigenvalue weighted by atomic mass is 9.95. The zero-order chi connectivity index (χ0) is 29.5. The van der Waals surface area contributed by atoms with Crippen LogP contribution in [-0.4, -0.2) is 49.0 Å². The number of aliphatic hydroxyl groups is 2. The van der Waals surface area contributed by atoms with Crippen molar-refractivity contribution in [2.45, 2.75) is 57.8 Å². The number of hydrogen-bond donors (Lipinski definition) is 4. The van der Waals surface area contributed by atoms with Crippen LogP contribution in [-0.2, 0) is 11.3 Å². The summed E-state index contributed by atoms with van der Waals surface area (Å²) in [6.45, 7) is 4.21. The van der Waals surface area contributed by atoms with Crippen LogP contribution in [0.15, 0.2) is 79.1 Å². The summed E-state index contributed by atoms with van der Waals surface area (Å²) in [5, 5.41) is 32.7. The Hall–Kier alpha value is -4.34. The van der Waals surface area contributed by atoms with Crippen LogP contribution < -0.4 is 5.32 Å². The zero-order valence-corrected chi connectivity index (χ0v) is 23.0. The molecule has 0 aliphatic carbocycles. The predicted molar refractivity (Wildman–Crippen MR) is 155 cm³/mol. The summed E-state index contributed by atoms with van der Waals surface area (Å²) in [4.78, 5) is 29.1. The number of amides is 1. The second kappa shape index (κ2) is 13.3. The average Bonchev–Trinajstić information content (AvgIpc) is 3.28. The number of anilines is 1. The molecular formula is C32H34FN3O5. The van der Waals surface area contributed by atoms with Gasteiger partial charge in [-0.2, -0.15) is 0 Å². The molecule has 0 bridgehead atoms. The molecule has 0 aliphatic rings. The fourth-order valence-corrected chi connectivity index (χ4v) is 5.12. The van der Waals surface area contributed by atoms with Crippen molar-refractivity contribution in [3.63, 3.8) is 0 Å². The van der Waals surface area contributed by atoms with Crippen LogP contribution in [0, 0.1) is 5.82 Å². The van der Waals surface area contributed by atoms with Gasteiger partial charge in [-0.15, -0.1) is 0 Å². The number of aromatic nitrogens is 2. The van der Waals surface area contributed by atoms with Gasteiger partial charge in [-0.25, -0.2) is 4.39 Å². The quantitative estimate of drug-likeness (QED) is 0.176. The Bertz CT molecular complexity index is 1470. The molecule has 8 nitrogen and oxygen atoms in total. The summed E-state index contributed by atoms with van der Waals surface area (Å²) in [6.07, 6.45) is 0.732. The van der Waals surface area contributed by atoms with Gasteiger partial charge in [0.05, 0.1) is 29.9 Å². The SMILES string of the molecule is CC(C)c1c(C(=O)Nc2ccccc2)c(-c2ccncc2)c(-c2ccc(F)cc2)n1CC[C@@H](O)C[C@@H](O)CC(=O)O. The number of aliphatic hydroxyl groups excluding tert-OH is 2. The van der Waals surface area contributed by atoms with Gasteiger partial charge in [0, 0.05) is 35.9 Å². The van der Waals surface area contributed by atoms with Crippen molar-refractivity contribution in [3.05, 3.63) is 96.2 Å². The molecule has 2 aromatic carbocycles. The number of rotatable bonds is 12. The van der Waals surface area contributed by atoms with Crippen LogP contribution in [0.3, 0.4) is 0 Å². The van der Waals surface area contributed by atoms with E-state index in [0.29, 0.717) is 28.1 Å². The molecule has 41 heavy (non-hydrogen) atoms. The van der Waals surface area contributed by atoms with Gasteiger partial charge in [0.15, 0.2) is 0 Å². The summed E-state index contributed by atoms with van der Waals surface area (Å²) < 4.78 is 16.0. The Labute approximate surface area is 238 Å². The van der Waals surface area contributed by atoms with Crippen molar-refractivity contribution in [2.24, 2.45) is 0 Å². The van der Waals surface area contributed by atoms with Crippen molar-refractivity contribution >= 4 is 17.6 Å². The van der Waals surface area contributed by atoms with E-state index in [2.05, 4.69) is 10.3 Å². The van der Waals surface area contributed by atoms with E-state index in [1.54, 1.807) is 36.7 Å². The minimum Gasteiger partial charge on any atom is -0.481 e. The highest BCUT2D eigenvalue weighted by atomic mass is 19.1. The van der Waals surface area contributed by atoms with Crippen molar-refractivity contribution in [3.8, 4) is 22.4 Å². The molecule has 0 spiro atoms. The first-order valence-electron chi connectivity index (χ1n) is 13.5. The van der Waals surface area contributed by atoms with Gasteiger partial charge < -0.3 is 25.2 Å². The van der Waals surface area contributed by atoms with Gasteiger partial charge in [-0.05, 0) is 78.4 Å². The van der Waals surface area contributed by atoms with E-state index in [1.807, 2.05) is 48.7 Å². The van der Waals surface area contributed by atoms with E-state index in [1.165, 1.54) is 12.1 Å². The third-order valence-electron chi connectivity index (χ3n) is 6.84. The van der Waals surface area contributed by atoms with E-state index in [0.717, 1.165) is 11.3 Å². The predicted octanol–water partition coefficient (Wildman–Crippen LogP) is 5.71. The van der Waals surface area contributed by atoms with Crippen LogP contribution in [0.1, 0.15) is 55.1 Å². The standard InChI is InChI=1S/C32H34FN3O5/c1-20(2)30-29(32(41)35-24-6-4-3-5-7-24)28(21-12-15-34-16-13-21)31(22-8-10-23(33)11-9-22)36(30)17-14-25(37)18-26(38)19-27(39)40/h3-13,15-16,20,25-26,37-38H,14,17-19H2,1-2H3,(H,35,41)(H,39,40)/t25-,26-/m1/s1. The minimum absolute atomic E-state index is 0.102. The zero-order valence-electron chi connectivity index (χ0n) is 23.0. The molecule has 0 fully saturated rings. The van der Waals surface area contributed by atoms with Gasteiger partial charge in [0.1, 0.15) is 5.82 Å². The molecule has 4 rings (SSSR count). The highest BCUT2D eigenvalue weighted by Crippen LogP contribution is 2.42. The fraction of sp³-hybridized carbons (Fsp3) is 0.281. The first kappa shape index (κ1) is 29.6. The van der Waals surface area contributed by atoms with Gasteiger partial charge in [0.2, 0.25) is 0 Å². The Morgan fingerprint density at radius 1 is 0.927 bits per heavy atom. The molecule has 0 saturated heterocycles. The number of carbonyl (C=O) groups is 2. The lowest BCUT2D eigenvalue weighted by molar-refractivity contribution is -0.139. The first-order chi connectivity index (χ1) is 19.7. The van der Waals surface area contributed by atoms with Crippen molar-refractivity contribution < 1.29 is 29.3 Å². The molecule has 0 radical (unpaired) electrons. The maximum absolute atomic E-state index is 14.0. The Morgan fingerprint density at radius 2 is 1.59 bits per heavy atom. The maximum Gasteiger partial charge on any atom is 0.305 e. The molecule has 2 atom stereocenters. The third-order valence-corrected chi connectivity index (χ3v) is 6.84. The highest BCUT2D eigenvalue weighted by molar-refractivity contribution is 6.12. The number of nitrogens with one attached hydrogen (secondary N) is 1. The van der Waals surface area contributed by atoms with E-state index in [4.69, 9.17) is 5.11 Å². The van der Waals surface area contributed by atoms with Crippen molar-refractivity contribution in [1.82, 2.24) is 9.55 Å². The Balaban J connectivity index is 1.89. The number of halogens is 1. The largest absolute Gasteiger partial charge is 0.481 e. The first-order valence-corrected chi connectivity index (χ1v) is 13.5. The van der Waals surface area contributed by atoms with Gasteiger partial charge in [-0.3, -0.25) is 14.6 Å². The molecule has 0 unspecified atom stereocenters. The second-order valence-electron chi connectivity index (χ2n) is 10.3. The van der Waals surface area contributed by atoms with Crippen LogP contribution >= 0.6 is 0 Å². The monoisotopic (exact) mass is 559 g/mol. The molecule has 0 aliphatic heterocycles. The molecule has 9 heteroatoms. The molecule has 2 heterocycles. The Morgan fingerprint density at radius 3 is 2.20 bits per heavy atom. The number of aliphatic carboxylic acids is 1. The smallest absolute Gasteiger partial charge is 0.305 e. The van der Waals surface area contributed by atoms with E-state index in [9.17, 15) is 24.2 Å². The molecule has 4 aromatic rings. The van der Waals surface area contributed by atoms with Crippen LogP contribution in [0.4, 0.5) is 10.1 Å². The third kappa shape index (κ3) is 7.25. The molecular weight excluding hydrogens is 525 g/mol. The molecule has 0 saturated carbocycles. The number of carboxylic acid groups (broad SMARTS) is 1. The number of carbonyl (C=O) groups excluding carboxylic acids is 1. The van der Waals surface area contributed by atoms with E-state index < -0.39 is 30.4 Å². The summed E-state index contributed by atoms with van der Waals surface area (Å²) >= 11 is 0. The lowest BCUT2D eigenvalue weighted by Gasteiger charge is -2.20. The summed E-state index contributed by atoms with van der Waals surface area (Å²) in [5.41, 5.74) is 4.56. The summed E-state index contributed by atoms with van der Waals surface area (Å²) in [6, 6.07) is 18.8. The topological polar surface area (TPSA) is 125 Å². The fourth-order valence-electron chi connectivity index (χ4n) is 5.12. The van der Waals surface area contributed by atoms with Crippen molar-refractivity contribution in [2.75, 3.05) is 5.32 Å². The highest BCUT2D eigenvalue weighted by Gasteiger charge is 2.31. The minimum atomic E-state index is -1.19. The van der Waals surface area contributed by atoms with Crippen LogP contribution in [0.2, 0.25) is 0 Å². The number of pyridine rings is 1. The van der Waals surface area contributed by atoms with Crippen LogP contribution in [0.5, 0.6) is 0 Å². The number of hydrogen-bond acceptors (Lipinski definition) is 5. The molecule has 4 N–H and O–H groups in total. The van der Waals surface area contributed by atoms with E-state index >= 15 is 0 Å². The van der Waals surface area contributed by atoms with Gasteiger partial charge >= 0.3 is 5.97 Å². The number of benzene rings is 2. The molecule has 214 valence electrons. The lowest BCUT2D eigenvalue weighted by Crippen LogP contribution is -2.22. The normalized spacial score (nSPS) is 12.7. The van der Waals surface area contributed by atoms with Crippen LogP contribution in [0.25, 0.3) is 22.4 Å². The van der Waals surface area contributed by atoms with Gasteiger partial charge in [0.25, 0.3) is 5.91 Å². The number of nitrogens with zero attached hydrogens (tertiary/aromatic N) is 2. The molecule has 2 aromatic heterocycles. The maximum atomic E-state index is 14.0. The van der Waals surface area contributed by atoms with E-state index in [-0.39, 0.29) is 31.2 Å². The number of carboxylic acids is 1. The molecule has 1 amide bonds. The van der Waals surface area contributed by atoms with Crippen molar-refractivity contribution in [1.29, 1.82) is 0 Å². The number of para-hydroxylation sites is 1. The summed E-state index contributed by atoms with van der Waals surface area (Å²) in [7, 11) is 0. The summed E-state index contributed by atoms with van der Waals surface area (Å²) in [5.74, 6) is -1.99.